The van der Waals surface area contributed by atoms with Gasteiger partial charge in [-0.1, -0.05) is 63.3 Å². The normalized spacial score (nSPS) is 11.1. The van der Waals surface area contributed by atoms with Crippen molar-refractivity contribution in [2.45, 2.75) is 84.0 Å². The van der Waals surface area contributed by atoms with E-state index in [1.807, 2.05) is 0 Å². The van der Waals surface area contributed by atoms with Gasteiger partial charge < -0.3 is 0 Å². The fraction of sp³-hybridized carbons (Fsp3) is 0.684. The Morgan fingerprint density at radius 2 is 1.45 bits per heavy atom. The lowest BCUT2D eigenvalue weighted by Crippen LogP contribution is -1.92. The van der Waals surface area contributed by atoms with Crippen LogP contribution in [0.1, 0.15) is 84.0 Å². The van der Waals surface area contributed by atoms with Crippen LogP contribution in [0, 0.1) is 0 Å². The number of aliphatic imine (C=N–C) groups is 1. The van der Waals surface area contributed by atoms with Gasteiger partial charge in [0.25, 0.3) is 5.91 Å². The summed E-state index contributed by atoms with van der Waals surface area (Å²) in [5.41, 5.74) is 0. The van der Waals surface area contributed by atoms with Crippen molar-refractivity contribution in [3.05, 3.63) is 24.3 Å². The SMILES string of the molecule is CCCCC/C=C\C/C=C\CCCCCCCC(=O)N=C=O. The van der Waals surface area contributed by atoms with Gasteiger partial charge in [0.05, 0.1) is 0 Å². The van der Waals surface area contributed by atoms with Gasteiger partial charge in [-0.25, -0.2) is 4.79 Å². The second kappa shape index (κ2) is 17.6. The summed E-state index contributed by atoms with van der Waals surface area (Å²) in [6, 6.07) is 0. The van der Waals surface area contributed by atoms with Crippen molar-refractivity contribution in [1.82, 2.24) is 0 Å². The average molecular weight is 305 g/mol. The van der Waals surface area contributed by atoms with E-state index >= 15 is 0 Å². The van der Waals surface area contributed by atoms with Crippen LogP contribution in [-0.4, -0.2) is 12.0 Å². The summed E-state index contributed by atoms with van der Waals surface area (Å²) in [6.07, 6.45) is 23.4. The Hall–Kier alpha value is -1.47. The van der Waals surface area contributed by atoms with E-state index < -0.39 is 0 Å². The first-order chi connectivity index (χ1) is 10.8. The molecule has 0 aromatic heterocycles. The molecule has 0 unspecified atom stereocenters. The van der Waals surface area contributed by atoms with Gasteiger partial charge in [0.2, 0.25) is 6.08 Å². The Morgan fingerprint density at radius 3 is 2.09 bits per heavy atom. The average Bonchev–Trinajstić information content (AvgIpc) is 2.51. The van der Waals surface area contributed by atoms with Gasteiger partial charge in [-0.3, -0.25) is 4.79 Å². The molecule has 0 radical (unpaired) electrons. The number of carbonyl (C=O) groups is 1. The molecular formula is C19H31NO2. The van der Waals surface area contributed by atoms with E-state index in [4.69, 9.17) is 0 Å². The van der Waals surface area contributed by atoms with Crippen LogP contribution >= 0.6 is 0 Å². The molecule has 0 heterocycles. The van der Waals surface area contributed by atoms with Crippen molar-refractivity contribution in [3.63, 3.8) is 0 Å². The van der Waals surface area contributed by atoms with E-state index in [1.54, 1.807) is 0 Å². The lowest BCUT2D eigenvalue weighted by Gasteiger charge is -1.98. The molecular weight excluding hydrogens is 274 g/mol. The summed E-state index contributed by atoms with van der Waals surface area (Å²) in [5, 5.41) is 0. The molecule has 0 aromatic rings. The third kappa shape index (κ3) is 16.6. The van der Waals surface area contributed by atoms with Crippen LogP contribution in [0.4, 0.5) is 0 Å². The highest BCUT2D eigenvalue weighted by Gasteiger charge is 1.97. The lowest BCUT2D eigenvalue weighted by atomic mass is 10.1. The van der Waals surface area contributed by atoms with Crippen molar-refractivity contribution in [2.75, 3.05) is 0 Å². The van der Waals surface area contributed by atoms with Gasteiger partial charge in [-0.2, -0.15) is 0 Å². The van der Waals surface area contributed by atoms with Crippen molar-refractivity contribution >= 4 is 12.0 Å². The largest absolute Gasteiger partial charge is 0.272 e. The van der Waals surface area contributed by atoms with E-state index in [9.17, 15) is 9.59 Å². The molecule has 0 spiro atoms. The van der Waals surface area contributed by atoms with Crippen molar-refractivity contribution < 1.29 is 9.59 Å². The first kappa shape index (κ1) is 20.5. The van der Waals surface area contributed by atoms with Gasteiger partial charge in [0.15, 0.2) is 0 Å². The van der Waals surface area contributed by atoms with Crippen LogP contribution in [-0.2, 0) is 9.59 Å². The molecule has 0 saturated heterocycles. The quantitative estimate of drug-likeness (QED) is 0.180. The fourth-order valence-corrected chi connectivity index (χ4v) is 2.19. The minimum absolute atomic E-state index is 0.347. The molecule has 0 bridgehead atoms. The maximum absolute atomic E-state index is 10.9. The number of hydrogen-bond acceptors (Lipinski definition) is 2. The molecule has 0 aliphatic heterocycles. The fourth-order valence-electron chi connectivity index (χ4n) is 2.19. The topological polar surface area (TPSA) is 46.5 Å². The summed E-state index contributed by atoms with van der Waals surface area (Å²) in [4.78, 5) is 23.9. The molecule has 0 atom stereocenters. The Balaban J connectivity index is 3.26. The van der Waals surface area contributed by atoms with E-state index in [1.165, 1.54) is 44.6 Å². The first-order valence-electron chi connectivity index (χ1n) is 8.72. The Bertz CT molecular complexity index is 366. The molecule has 3 heteroatoms. The van der Waals surface area contributed by atoms with Crippen molar-refractivity contribution in [1.29, 1.82) is 0 Å². The summed E-state index contributed by atoms with van der Waals surface area (Å²) in [6.45, 7) is 2.23. The zero-order chi connectivity index (χ0) is 16.3. The highest BCUT2D eigenvalue weighted by atomic mass is 16.2. The summed E-state index contributed by atoms with van der Waals surface area (Å²) in [7, 11) is 0. The Kier molecular flexibility index (Phi) is 16.4. The maximum atomic E-state index is 10.9. The van der Waals surface area contributed by atoms with Gasteiger partial charge >= 0.3 is 0 Å². The smallest absolute Gasteiger partial charge is 0.256 e. The monoisotopic (exact) mass is 305 g/mol. The summed E-state index contributed by atoms with van der Waals surface area (Å²) >= 11 is 0. The Morgan fingerprint density at radius 1 is 0.864 bits per heavy atom. The van der Waals surface area contributed by atoms with Gasteiger partial charge in [-0.05, 0) is 38.5 Å². The van der Waals surface area contributed by atoms with E-state index in [2.05, 4.69) is 36.2 Å². The molecule has 3 nitrogen and oxygen atoms in total. The Labute approximate surface area is 135 Å². The van der Waals surface area contributed by atoms with E-state index in [0.29, 0.717) is 6.42 Å². The first-order valence-corrected chi connectivity index (χ1v) is 8.72. The van der Waals surface area contributed by atoms with Gasteiger partial charge in [0.1, 0.15) is 0 Å². The number of unbranched alkanes of at least 4 members (excludes halogenated alkanes) is 8. The number of allylic oxidation sites excluding steroid dienone is 4. The van der Waals surface area contributed by atoms with Gasteiger partial charge in [0, 0.05) is 6.42 Å². The number of isocyanates is 1. The number of amides is 1. The van der Waals surface area contributed by atoms with Gasteiger partial charge in [-0.15, -0.1) is 4.99 Å². The van der Waals surface area contributed by atoms with Crippen molar-refractivity contribution in [2.24, 2.45) is 4.99 Å². The summed E-state index contributed by atoms with van der Waals surface area (Å²) in [5.74, 6) is -0.347. The lowest BCUT2D eigenvalue weighted by molar-refractivity contribution is -0.117. The zero-order valence-electron chi connectivity index (χ0n) is 14.1. The molecule has 1 amide bonds. The minimum atomic E-state index is -0.347. The summed E-state index contributed by atoms with van der Waals surface area (Å²) < 4.78 is 0. The molecule has 22 heavy (non-hydrogen) atoms. The molecule has 0 saturated carbocycles. The third-order valence-electron chi connectivity index (χ3n) is 3.51. The second-order valence-electron chi connectivity index (χ2n) is 5.58. The number of rotatable bonds is 14. The number of nitrogens with zero attached hydrogens (tertiary/aromatic N) is 1. The minimum Gasteiger partial charge on any atom is -0.272 e. The molecule has 0 aliphatic carbocycles. The maximum Gasteiger partial charge on any atom is 0.256 e. The number of carbonyl (C=O) groups excluding carboxylic acids is 2. The van der Waals surface area contributed by atoms with Crippen LogP contribution in [0.2, 0.25) is 0 Å². The van der Waals surface area contributed by atoms with Crippen LogP contribution in [0.3, 0.4) is 0 Å². The highest BCUT2D eigenvalue weighted by Crippen LogP contribution is 2.08. The van der Waals surface area contributed by atoms with E-state index in [0.717, 1.165) is 32.1 Å². The molecule has 0 N–H and O–H groups in total. The van der Waals surface area contributed by atoms with Crippen molar-refractivity contribution in [3.8, 4) is 0 Å². The van der Waals surface area contributed by atoms with Crippen LogP contribution in [0.5, 0.6) is 0 Å². The third-order valence-corrected chi connectivity index (χ3v) is 3.51. The highest BCUT2D eigenvalue weighted by molar-refractivity contribution is 5.81. The second-order valence-corrected chi connectivity index (χ2v) is 5.58. The van der Waals surface area contributed by atoms with Crippen LogP contribution < -0.4 is 0 Å². The van der Waals surface area contributed by atoms with E-state index in [-0.39, 0.29) is 5.91 Å². The van der Waals surface area contributed by atoms with Crippen LogP contribution in [0.15, 0.2) is 29.3 Å². The molecule has 124 valence electrons. The predicted octanol–water partition coefficient (Wildman–Crippen LogP) is 5.66. The number of hydrogen-bond donors (Lipinski definition) is 0. The molecule has 0 rings (SSSR count). The zero-order valence-corrected chi connectivity index (χ0v) is 14.1. The predicted molar refractivity (Wildman–Crippen MR) is 92.5 cm³/mol. The van der Waals surface area contributed by atoms with Crippen LogP contribution in [0.25, 0.3) is 0 Å². The molecule has 0 fully saturated rings. The standard InChI is InChI=1S/C19H31NO2/c1-2-3-4-5-6-7-8-9-10-11-12-13-14-15-16-17-19(22)20-18-21/h6-7,9-10H,2-5,8,11-17H2,1H3/b7-6-,10-9-. The molecule has 0 aliphatic rings. The molecule has 0 aromatic carbocycles.